The van der Waals surface area contributed by atoms with Crippen LogP contribution in [0.25, 0.3) is 0 Å². The summed E-state index contributed by atoms with van der Waals surface area (Å²) >= 11 is 0. The van der Waals surface area contributed by atoms with E-state index in [4.69, 9.17) is 0 Å². The molecule has 0 aliphatic rings. The second kappa shape index (κ2) is 161. The zero-order valence-electron chi connectivity index (χ0n) is 60.7. The van der Waals surface area contributed by atoms with Crippen LogP contribution in [0, 0.1) is 93.8 Å². The van der Waals surface area contributed by atoms with Gasteiger partial charge in [0.1, 0.15) is 0 Å². The van der Waals surface area contributed by atoms with Crippen molar-refractivity contribution in [1.29, 1.82) is 0 Å². The van der Waals surface area contributed by atoms with Crippen molar-refractivity contribution in [3.05, 3.63) is 0 Å². The van der Waals surface area contributed by atoms with Crippen LogP contribution in [0.15, 0.2) is 0 Å². The van der Waals surface area contributed by atoms with E-state index in [9.17, 15) is 61.3 Å². The van der Waals surface area contributed by atoms with Crippen molar-refractivity contribution in [1.82, 2.24) is 58.8 Å². The van der Waals surface area contributed by atoms with E-state index < -0.39 is 0 Å². The molecule has 2 radical (unpaired) electrons. The van der Waals surface area contributed by atoms with Crippen LogP contribution in [-0.4, -0.2) is 397 Å². The molecule has 0 heterocycles. The Morgan fingerprint density at radius 3 is 0.179 bits per heavy atom. The van der Waals surface area contributed by atoms with Gasteiger partial charge in [0.05, 0.1) is 0 Å². The van der Waals surface area contributed by atoms with Gasteiger partial charge in [0.2, 0.25) is 0 Å². The average Bonchev–Trinajstić information content (AvgIpc) is 3.20. The van der Waals surface area contributed by atoms with Crippen LogP contribution in [0.2, 0.25) is 0 Å². The average molecular weight is 1620 g/mol. The normalized spacial score (nSPS) is 8.57. The van der Waals surface area contributed by atoms with Crippen LogP contribution in [0.4, 0.5) is 0 Å². The Bertz CT molecular complexity index is 616. The van der Waals surface area contributed by atoms with E-state index >= 15 is 0 Å². The second-order valence-electron chi connectivity index (χ2n) is 18.1. The summed E-state index contributed by atoms with van der Waals surface area (Å²) in [6, 6.07) is 0. The van der Waals surface area contributed by atoms with Gasteiger partial charge in [-0.3, -0.25) is 0 Å². The molecule has 0 aliphatic heterocycles. The Kier molecular flexibility index (Phi) is 317. The van der Waals surface area contributed by atoms with Crippen LogP contribution in [0.1, 0.15) is 0 Å². The largest absolute Gasteiger partial charge is 3.00 e. The minimum absolute atomic E-state index is 0. The van der Waals surface area contributed by atoms with E-state index in [1.807, 2.05) is 228 Å². The van der Waals surface area contributed by atoms with Gasteiger partial charge in [0.15, 0.2) is 0 Å². The molecule has 0 atom stereocenters. The Balaban J connectivity index is -0.0000000210. The fraction of sp³-hybridized carbons (Fsp3) is 1.00. The number of rotatable bonds is 24. The van der Waals surface area contributed by atoms with Crippen molar-refractivity contribution in [3.63, 3.8) is 0 Å². The van der Waals surface area contributed by atoms with E-state index in [0.717, 1.165) is 0 Å². The molecule has 0 saturated heterocycles. The van der Waals surface area contributed by atoms with E-state index in [0.29, 0.717) is 78.5 Å². The van der Waals surface area contributed by atoms with Gasteiger partial charge in [-0.25, -0.2) is 0 Å². The van der Waals surface area contributed by atoms with E-state index in [1.165, 1.54) is 0 Å². The van der Waals surface area contributed by atoms with Gasteiger partial charge in [-0.05, 0) is 248 Å². The maximum absolute atomic E-state index is 9.70. The van der Waals surface area contributed by atoms with Gasteiger partial charge in [0.25, 0.3) is 0 Å². The minimum atomic E-state index is 0. The predicted octanol–water partition coefficient (Wildman–Crippen LogP) is -37.4. The fourth-order valence-electron chi connectivity index (χ4n) is 2.19. The third kappa shape index (κ3) is 360. The monoisotopic (exact) mass is 1620 g/mol. The van der Waals surface area contributed by atoms with E-state index in [2.05, 4.69) is 0 Å². The van der Waals surface area contributed by atoms with Crippen molar-refractivity contribution in [3.8, 4) is 0 Å². The second-order valence-corrected chi connectivity index (χ2v) is 18.1. The van der Waals surface area contributed by atoms with Crippen molar-refractivity contribution in [2.45, 2.75) is 0 Å². The van der Waals surface area contributed by atoms with Gasteiger partial charge in [-0.1, -0.05) is 0 Å². The molecule has 0 rings (SSSR count). The minimum Gasteiger partial charge on any atom is -0.870 e. The van der Waals surface area contributed by atoms with Crippen LogP contribution in [0.5, 0.6) is 0 Å². The molecule has 0 aromatic carbocycles. The molecule has 84 heavy (non-hydrogen) atoms. The fourth-order valence-corrected chi connectivity index (χ4v) is 2.19. The molecule has 0 aliphatic carbocycles. The first kappa shape index (κ1) is 166. The quantitative estimate of drug-likeness (QED) is 0.0810. The van der Waals surface area contributed by atoms with Gasteiger partial charge in [-0.2, -0.15) is 0 Å². The summed E-state index contributed by atoms with van der Waals surface area (Å²) in [4.78, 5) is 22.4. The van der Waals surface area contributed by atoms with Gasteiger partial charge in [0, 0.05) is 0 Å². The molecule has 26 nitrogen and oxygen atoms in total. The Hall–Kier alpha value is 10.00. The Morgan fingerprint density at radius 1 is 0.143 bits per heavy atom. The molecule has 0 saturated carbocycles. The van der Waals surface area contributed by atoms with Crippen molar-refractivity contribution in [2.75, 3.05) is 327 Å². The molecule has 0 aromatic rings. The molecule has 0 fully saturated rings. The first-order valence-electron chi connectivity index (χ1n) is 24.0. The molecular weight excluding hydrogens is 1500 g/mol. The summed E-state index contributed by atoms with van der Waals surface area (Å²) in [6.07, 6.45) is 0. The number of hydrogen-bond donors (Lipinski definition) is 0. The van der Waals surface area contributed by atoms with Crippen LogP contribution in [-0.2, 0) is 0 Å². The molecule has 0 aromatic heterocycles. The SMILES string of the molecule is CN(C)CC[O-].CN(C)CC[O-].CN(C)CC[O-].CN(C)CC[O-].CN(C)CC[O-].CN(C)CC[O-].CN(C)CC[O-].CN(C)CC[O-].CN(C)CC[O-].CN(C)CC[O-].CN(C)CC[O-].CN(C)CC[O-].[Na+].[Na+].[Na+].[Na+].[Na+].[Na+].[Na+].[Na+].[OH-].[OH-].[Yb+3].[Yb+3]. The summed E-state index contributed by atoms with van der Waals surface area (Å²) in [5.74, 6) is 0. The first-order chi connectivity index (χ1) is 33.2. The number of nitrogens with zero attached hydrogens (tertiary/aromatic N) is 12. The van der Waals surface area contributed by atoms with E-state index in [1.54, 1.807) is 0 Å². The Morgan fingerprint density at radius 2 is 0.179 bits per heavy atom. The Labute approximate surface area is 773 Å². The predicted molar refractivity (Wildman–Crippen MR) is 285 cm³/mol. The zero-order valence-corrected chi connectivity index (χ0v) is 80.1. The molecule has 0 unspecified atom stereocenters. The summed E-state index contributed by atoms with van der Waals surface area (Å²) < 4.78 is 0. The third-order valence-electron chi connectivity index (χ3n) is 6.46. The summed E-state index contributed by atoms with van der Waals surface area (Å²) in [5, 5.41) is 116. The molecule has 494 valence electrons. The summed E-state index contributed by atoms with van der Waals surface area (Å²) in [7, 11) is 45.3. The zero-order chi connectivity index (χ0) is 59.9. The van der Waals surface area contributed by atoms with Crippen molar-refractivity contribution in [2.24, 2.45) is 0 Å². The molecule has 0 spiro atoms. The van der Waals surface area contributed by atoms with Gasteiger partial charge < -0.3 is 131 Å². The maximum atomic E-state index is 9.70. The molecule has 0 bridgehead atoms. The summed E-state index contributed by atoms with van der Waals surface area (Å²) in [5.41, 5.74) is 0. The smallest absolute Gasteiger partial charge is 0.870 e. The summed E-state index contributed by atoms with van der Waals surface area (Å²) in [6.45, 7) is 7.92. The molecule has 0 amide bonds. The van der Waals surface area contributed by atoms with Crippen molar-refractivity contribution < 1.29 is 403 Å². The van der Waals surface area contributed by atoms with Crippen molar-refractivity contribution >= 4 is 0 Å². The first-order valence-corrected chi connectivity index (χ1v) is 24.0. The van der Waals surface area contributed by atoms with E-state index in [-0.39, 0.29) is 421 Å². The topological polar surface area (TPSA) is 376 Å². The molecule has 36 heteroatoms. The van der Waals surface area contributed by atoms with Gasteiger partial charge >= 0.3 is 330 Å². The van der Waals surface area contributed by atoms with Crippen LogP contribution in [0.3, 0.4) is 0 Å². The maximum Gasteiger partial charge on any atom is 3.00 e. The molecular formula is C48H122N12Na8O14Yb2. The third-order valence-corrected chi connectivity index (χ3v) is 6.46. The molecule has 2 N–H and O–H groups in total. The number of hydrogen-bond acceptors (Lipinski definition) is 26. The van der Waals surface area contributed by atoms with Crippen LogP contribution < -0.4 is 298 Å². The number of likely N-dealkylation sites (N-methyl/N-ethyl adjacent to an activating group) is 12. The van der Waals surface area contributed by atoms with Crippen LogP contribution >= 0.6 is 0 Å². The van der Waals surface area contributed by atoms with Gasteiger partial charge in [-0.15, -0.1) is 79.3 Å². The standard InChI is InChI=1S/12C4H10NO.8Na.2H2O.2Yb/c12*1-5(2)3-4-6;;;;;;;;;;;;/h12*3-4H2,1-2H3;;;;;;;;;2*1H2;;/q12*-1;8*+1;;;2*+3/p-2.